The number of nitrogens with one attached hydrogen (secondary N) is 1. The fraction of sp³-hybridized carbons (Fsp3) is 0.312. The van der Waals surface area contributed by atoms with Crippen molar-refractivity contribution in [1.82, 2.24) is 10.4 Å². The Morgan fingerprint density at radius 3 is 2.61 bits per heavy atom. The number of amides is 3. The number of hydrogen-bond donors (Lipinski definition) is 1. The van der Waals surface area contributed by atoms with E-state index in [4.69, 9.17) is 23.2 Å². The van der Waals surface area contributed by atoms with Gasteiger partial charge in [-0.1, -0.05) is 42.3 Å². The number of fused-ring (bicyclic) bond motifs is 1. The predicted octanol–water partition coefficient (Wildman–Crippen LogP) is 2.84. The molecule has 2 aliphatic rings. The Kier molecular flexibility index (Phi) is 4.17. The van der Waals surface area contributed by atoms with Gasteiger partial charge < -0.3 is 0 Å². The van der Waals surface area contributed by atoms with Crippen LogP contribution in [-0.2, 0) is 9.59 Å². The van der Waals surface area contributed by atoms with Gasteiger partial charge in [0, 0.05) is 5.56 Å². The predicted molar refractivity (Wildman–Crippen MR) is 85.7 cm³/mol. The third kappa shape index (κ3) is 2.75. The maximum Gasteiger partial charge on any atom is 0.270 e. The van der Waals surface area contributed by atoms with Gasteiger partial charge in [0.25, 0.3) is 17.7 Å². The Bertz CT molecular complexity index is 732. The van der Waals surface area contributed by atoms with Crippen molar-refractivity contribution in [3.8, 4) is 0 Å². The normalized spacial score (nSPS) is 26.4. The zero-order valence-electron chi connectivity index (χ0n) is 12.3. The summed E-state index contributed by atoms with van der Waals surface area (Å²) in [5, 5.41) is 1.39. The number of benzene rings is 1. The van der Waals surface area contributed by atoms with E-state index in [2.05, 4.69) is 5.43 Å². The minimum absolute atomic E-state index is 0.0305. The molecule has 3 amide bonds. The van der Waals surface area contributed by atoms with Gasteiger partial charge in [-0.3, -0.25) is 19.8 Å². The second kappa shape index (κ2) is 5.98. The smallest absolute Gasteiger partial charge is 0.270 e. The molecule has 0 unspecified atom stereocenters. The van der Waals surface area contributed by atoms with Gasteiger partial charge in [-0.15, -0.1) is 0 Å². The Hall–Kier alpha value is -1.85. The molecule has 0 aromatic heterocycles. The van der Waals surface area contributed by atoms with Crippen LogP contribution in [-0.4, -0.2) is 22.7 Å². The Morgan fingerprint density at radius 2 is 1.96 bits per heavy atom. The molecule has 0 spiro atoms. The monoisotopic (exact) mass is 352 g/mol. The van der Waals surface area contributed by atoms with Crippen LogP contribution in [0.5, 0.6) is 0 Å². The van der Waals surface area contributed by atoms with Crippen LogP contribution in [0.3, 0.4) is 0 Å². The largest absolute Gasteiger partial charge is 0.272 e. The molecule has 120 valence electrons. The van der Waals surface area contributed by atoms with E-state index in [9.17, 15) is 14.4 Å². The molecule has 1 saturated heterocycles. The highest BCUT2D eigenvalue weighted by atomic mass is 35.5. The number of allylic oxidation sites excluding steroid dienone is 2. The lowest BCUT2D eigenvalue weighted by atomic mass is 9.78. The van der Waals surface area contributed by atoms with Gasteiger partial charge in [0.05, 0.1) is 21.9 Å². The number of hydrogen-bond acceptors (Lipinski definition) is 3. The van der Waals surface area contributed by atoms with Crippen molar-refractivity contribution in [3.63, 3.8) is 0 Å². The summed E-state index contributed by atoms with van der Waals surface area (Å²) < 4.78 is 0. The number of imide groups is 1. The van der Waals surface area contributed by atoms with E-state index in [0.29, 0.717) is 11.4 Å². The first-order chi connectivity index (χ1) is 10.9. The summed E-state index contributed by atoms with van der Waals surface area (Å²) >= 11 is 11.7. The van der Waals surface area contributed by atoms with Gasteiger partial charge in [-0.05, 0) is 30.5 Å². The van der Waals surface area contributed by atoms with E-state index in [1.54, 1.807) is 0 Å². The molecule has 0 bridgehead atoms. The van der Waals surface area contributed by atoms with Crippen LogP contribution in [0.25, 0.3) is 0 Å². The quantitative estimate of drug-likeness (QED) is 0.657. The van der Waals surface area contributed by atoms with Gasteiger partial charge in [-0.25, -0.2) is 0 Å². The van der Waals surface area contributed by atoms with E-state index in [0.717, 1.165) is 5.01 Å². The van der Waals surface area contributed by atoms with Crippen LogP contribution >= 0.6 is 23.2 Å². The average Bonchev–Trinajstić information content (AvgIpc) is 2.76. The number of rotatable bonds is 2. The summed E-state index contributed by atoms with van der Waals surface area (Å²) in [5.41, 5.74) is 2.61. The first kappa shape index (κ1) is 16.0. The molecule has 1 aliphatic heterocycles. The SMILES string of the molecule is C[C@H]1C=CC[C@H]2C(=O)N(NC(=O)c3ccc(Cl)c(Cl)c3)C(=O)[C@H]12. The molecule has 0 radical (unpaired) electrons. The molecule has 3 atom stereocenters. The Balaban J connectivity index is 1.80. The molecule has 0 saturated carbocycles. The van der Waals surface area contributed by atoms with Crippen LogP contribution in [0.15, 0.2) is 30.4 Å². The van der Waals surface area contributed by atoms with E-state index in [-0.39, 0.29) is 28.3 Å². The highest BCUT2D eigenvalue weighted by Crippen LogP contribution is 2.37. The third-order valence-electron chi connectivity index (χ3n) is 4.27. The molecule has 1 N–H and O–H groups in total. The summed E-state index contributed by atoms with van der Waals surface area (Å²) in [6.07, 6.45) is 4.34. The van der Waals surface area contributed by atoms with Crippen molar-refractivity contribution in [2.24, 2.45) is 17.8 Å². The molecular weight excluding hydrogens is 339 g/mol. The molecule has 23 heavy (non-hydrogen) atoms. The van der Waals surface area contributed by atoms with Crippen molar-refractivity contribution in [2.75, 3.05) is 0 Å². The zero-order valence-corrected chi connectivity index (χ0v) is 13.8. The van der Waals surface area contributed by atoms with Crippen molar-refractivity contribution >= 4 is 40.9 Å². The standard InChI is InChI=1S/C16H14Cl2N2O3/c1-8-3-2-4-10-13(8)16(23)20(15(10)22)19-14(21)9-5-6-11(17)12(18)7-9/h2-3,5-8,10,13H,4H2,1H3,(H,19,21)/t8-,10+,13+/m0/s1. The van der Waals surface area contributed by atoms with E-state index in [1.807, 2.05) is 19.1 Å². The van der Waals surface area contributed by atoms with Gasteiger partial charge >= 0.3 is 0 Å². The molecule has 1 aromatic carbocycles. The first-order valence-corrected chi connectivity index (χ1v) is 7.96. The zero-order chi connectivity index (χ0) is 16.7. The highest BCUT2D eigenvalue weighted by Gasteiger charge is 2.50. The molecule has 1 aliphatic carbocycles. The summed E-state index contributed by atoms with van der Waals surface area (Å²) in [6, 6.07) is 4.35. The molecular formula is C16H14Cl2N2O3. The number of hydrazine groups is 1. The summed E-state index contributed by atoms with van der Waals surface area (Å²) in [5.74, 6) is -2.17. The Morgan fingerprint density at radius 1 is 1.22 bits per heavy atom. The molecule has 1 heterocycles. The molecule has 1 aromatic rings. The lowest BCUT2D eigenvalue weighted by Crippen LogP contribution is -2.46. The second-order valence-corrected chi connectivity index (χ2v) is 6.55. The molecule has 7 heteroatoms. The van der Waals surface area contributed by atoms with Crippen LogP contribution in [0.2, 0.25) is 10.0 Å². The van der Waals surface area contributed by atoms with E-state index in [1.165, 1.54) is 18.2 Å². The second-order valence-electron chi connectivity index (χ2n) is 5.74. The van der Waals surface area contributed by atoms with Crippen molar-refractivity contribution in [1.29, 1.82) is 0 Å². The van der Waals surface area contributed by atoms with Crippen LogP contribution in [0.1, 0.15) is 23.7 Å². The Labute approximate surface area is 143 Å². The minimum atomic E-state index is -0.579. The molecule has 3 rings (SSSR count). The average molecular weight is 353 g/mol. The number of carbonyl (C=O) groups is 3. The van der Waals surface area contributed by atoms with Gasteiger partial charge in [0.1, 0.15) is 0 Å². The van der Waals surface area contributed by atoms with E-state index < -0.39 is 17.7 Å². The number of halogens is 2. The fourth-order valence-electron chi connectivity index (χ4n) is 3.06. The lowest BCUT2D eigenvalue weighted by molar-refractivity contribution is -0.142. The lowest BCUT2D eigenvalue weighted by Gasteiger charge is -2.22. The van der Waals surface area contributed by atoms with Crippen LogP contribution in [0, 0.1) is 17.8 Å². The maximum absolute atomic E-state index is 12.5. The summed E-state index contributed by atoms with van der Waals surface area (Å²) in [4.78, 5) is 37.1. The number of nitrogens with zero attached hydrogens (tertiary/aromatic N) is 1. The first-order valence-electron chi connectivity index (χ1n) is 7.20. The van der Waals surface area contributed by atoms with Gasteiger partial charge in [-0.2, -0.15) is 5.01 Å². The fourth-order valence-corrected chi connectivity index (χ4v) is 3.36. The van der Waals surface area contributed by atoms with Crippen molar-refractivity contribution < 1.29 is 14.4 Å². The van der Waals surface area contributed by atoms with Crippen molar-refractivity contribution in [3.05, 3.63) is 46.0 Å². The third-order valence-corrected chi connectivity index (χ3v) is 5.01. The van der Waals surface area contributed by atoms with Gasteiger partial charge in [0.15, 0.2) is 0 Å². The molecule has 5 nitrogen and oxygen atoms in total. The summed E-state index contributed by atoms with van der Waals surface area (Å²) in [6.45, 7) is 1.89. The highest BCUT2D eigenvalue weighted by molar-refractivity contribution is 6.42. The van der Waals surface area contributed by atoms with Crippen molar-refractivity contribution in [2.45, 2.75) is 13.3 Å². The van der Waals surface area contributed by atoms with Crippen LogP contribution < -0.4 is 5.43 Å². The topological polar surface area (TPSA) is 66.5 Å². The van der Waals surface area contributed by atoms with E-state index >= 15 is 0 Å². The van der Waals surface area contributed by atoms with Crippen LogP contribution in [0.4, 0.5) is 0 Å². The molecule has 1 fully saturated rings. The minimum Gasteiger partial charge on any atom is -0.272 e. The van der Waals surface area contributed by atoms with Gasteiger partial charge in [0.2, 0.25) is 0 Å². The maximum atomic E-state index is 12.5. The summed E-state index contributed by atoms with van der Waals surface area (Å²) in [7, 11) is 0. The number of carbonyl (C=O) groups excluding carboxylic acids is 3.